The van der Waals surface area contributed by atoms with Gasteiger partial charge in [0.15, 0.2) is 8.32 Å². The van der Waals surface area contributed by atoms with Gasteiger partial charge >= 0.3 is 0 Å². The number of sulfonamides is 1. The van der Waals surface area contributed by atoms with Crippen molar-refractivity contribution in [2.24, 2.45) is 0 Å². The lowest BCUT2D eigenvalue weighted by Gasteiger charge is -2.45. The van der Waals surface area contributed by atoms with E-state index in [4.69, 9.17) is 13.9 Å². The van der Waals surface area contributed by atoms with Gasteiger partial charge in [0.05, 0.1) is 32.6 Å². The van der Waals surface area contributed by atoms with Crippen LogP contribution in [-0.2, 0) is 20.1 Å². The van der Waals surface area contributed by atoms with Crippen LogP contribution in [0.2, 0.25) is 18.1 Å². The van der Waals surface area contributed by atoms with E-state index in [0.717, 1.165) is 6.26 Å². The number of hydrogen-bond acceptors (Lipinski definition) is 6. The lowest BCUT2D eigenvalue weighted by Crippen LogP contribution is -2.59. The monoisotopic (exact) mass is 509 g/mol. The van der Waals surface area contributed by atoms with Crippen molar-refractivity contribution in [1.82, 2.24) is 4.72 Å². The minimum Gasteiger partial charge on any atom is -0.496 e. The normalized spacial score (nSPS) is 15.0. The largest absolute Gasteiger partial charge is 0.496 e. The second-order valence-corrected chi connectivity index (χ2v) is 16.7. The number of benzene rings is 2. The molecule has 34 heavy (non-hydrogen) atoms. The van der Waals surface area contributed by atoms with Crippen LogP contribution < -0.4 is 14.2 Å². The number of ether oxygens (including phenoxy) is 2. The molecule has 0 aliphatic rings. The van der Waals surface area contributed by atoms with Crippen molar-refractivity contribution >= 4 is 18.3 Å². The molecule has 0 spiro atoms. The second-order valence-electron chi connectivity index (χ2n) is 10.1. The zero-order chi connectivity index (χ0) is 25.9. The Labute approximate surface area is 205 Å². The van der Waals surface area contributed by atoms with Crippen molar-refractivity contribution in [3.05, 3.63) is 59.7 Å². The molecule has 0 fully saturated rings. The molecule has 0 amide bonds. The Balaban J connectivity index is 2.87. The predicted molar refractivity (Wildman–Crippen MR) is 138 cm³/mol. The third-order valence-corrected chi connectivity index (χ3v) is 11.8. The number of nitrogens with one attached hydrogen (secondary N) is 1. The van der Waals surface area contributed by atoms with Crippen molar-refractivity contribution < 1.29 is 27.4 Å². The van der Waals surface area contributed by atoms with Crippen LogP contribution in [0.3, 0.4) is 0 Å². The Morgan fingerprint density at radius 2 is 1.32 bits per heavy atom. The quantitative estimate of drug-likeness (QED) is 0.465. The van der Waals surface area contributed by atoms with Crippen LogP contribution in [0.25, 0.3) is 0 Å². The molecule has 0 aliphatic heterocycles. The van der Waals surface area contributed by atoms with Gasteiger partial charge in [0.25, 0.3) is 0 Å². The molecule has 0 heterocycles. The summed E-state index contributed by atoms with van der Waals surface area (Å²) in [4.78, 5) is 0. The van der Waals surface area contributed by atoms with Crippen molar-refractivity contribution in [2.75, 3.05) is 20.5 Å². The molecule has 7 nitrogen and oxygen atoms in total. The third-order valence-electron chi connectivity index (χ3n) is 6.58. The first-order valence-corrected chi connectivity index (χ1v) is 16.0. The van der Waals surface area contributed by atoms with Crippen LogP contribution >= 0.6 is 0 Å². The summed E-state index contributed by atoms with van der Waals surface area (Å²) in [5.41, 5.74) is -1.09. The molecule has 0 saturated carbocycles. The molecule has 190 valence electrons. The van der Waals surface area contributed by atoms with Crippen LogP contribution in [0.4, 0.5) is 0 Å². The SMILES string of the molecule is COc1ccccc1C(O)(c1ccccc1OC)C(NS(C)(=O)=O)C(C)O[Si](C)(C)C(C)(C)C. The summed E-state index contributed by atoms with van der Waals surface area (Å²) in [5, 5.41) is 12.5. The van der Waals surface area contributed by atoms with Gasteiger partial charge in [-0.15, -0.1) is 0 Å². The van der Waals surface area contributed by atoms with Crippen molar-refractivity contribution in [2.45, 2.75) is 63.6 Å². The molecular formula is C25H39NO6SSi. The summed E-state index contributed by atoms with van der Waals surface area (Å²) in [6.45, 7) is 12.3. The van der Waals surface area contributed by atoms with E-state index in [0.29, 0.717) is 22.6 Å². The summed E-state index contributed by atoms with van der Waals surface area (Å²) < 4.78 is 45.7. The van der Waals surface area contributed by atoms with Crippen LogP contribution in [0.5, 0.6) is 11.5 Å². The van der Waals surface area contributed by atoms with Crippen LogP contribution in [0.1, 0.15) is 38.8 Å². The molecule has 2 atom stereocenters. The maximum absolute atomic E-state index is 12.6. The Morgan fingerprint density at radius 3 is 1.68 bits per heavy atom. The number of para-hydroxylation sites is 2. The van der Waals surface area contributed by atoms with Crippen LogP contribution in [0.15, 0.2) is 48.5 Å². The van der Waals surface area contributed by atoms with Gasteiger partial charge in [-0.1, -0.05) is 57.2 Å². The van der Waals surface area contributed by atoms with E-state index in [2.05, 4.69) is 38.6 Å². The van der Waals surface area contributed by atoms with Gasteiger partial charge in [0.2, 0.25) is 10.0 Å². The molecule has 2 N–H and O–H groups in total. The fraction of sp³-hybridized carbons (Fsp3) is 0.520. The summed E-state index contributed by atoms with van der Waals surface area (Å²) >= 11 is 0. The molecule has 0 aromatic heterocycles. The maximum atomic E-state index is 12.6. The first kappa shape index (κ1) is 28.3. The Hall–Kier alpha value is -1.91. The van der Waals surface area contributed by atoms with E-state index in [1.54, 1.807) is 55.5 Å². The summed E-state index contributed by atoms with van der Waals surface area (Å²) in [6.07, 6.45) is 0.375. The fourth-order valence-corrected chi connectivity index (χ4v) is 6.10. The predicted octanol–water partition coefficient (Wildman–Crippen LogP) is 4.27. The lowest BCUT2D eigenvalue weighted by atomic mass is 9.77. The Bertz CT molecular complexity index is 1030. The highest BCUT2D eigenvalue weighted by atomic mass is 32.2. The van der Waals surface area contributed by atoms with E-state index >= 15 is 0 Å². The fourth-order valence-electron chi connectivity index (χ4n) is 3.86. The van der Waals surface area contributed by atoms with Gasteiger partial charge < -0.3 is 19.0 Å². The molecular weight excluding hydrogens is 470 g/mol. The van der Waals surface area contributed by atoms with Crippen molar-refractivity contribution in [3.8, 4) is 11.5 Å². The van der Waals surface area contributed by atoms with Gasteiger partial charge in [-0.25, -0.2) is 13.1 Å². The highest BCUT2D eigenvalue weighted by Gasteiger charge is 2.50. The van der Waals surface area contributed by atoms with Gasteiger partial charge in [-0.2, -0.15) is 0 Å². The highest BCUT2D eigenvalue weighted by Crippen LogP contribution is 2.45. The lowest BCUT2D eigenvalue weighted by molar-refractivity contribution is -0.00558. The topological polar surface area (TPSA) is 94.1 Å². The molecule has 0 bridgehead atoms. The molecule has 0 aliphatic carbocycles. The summed E-state index contributed by atoms with van der Waals surface area (Å²) in [5.74, 6) is 0.825. The first-order valence-electron chi connectivity index (χ1n) is 11.2. The van der Waals surface area contributed by atoms with E-state index in [9.17, 15) is 13.5 Å². The summed E-state index contributed by atoms with van der Waals surface area (Å²) in [6, 6.07) is 12.9. The Morgan fingerprint density at radius 1 is 0.912 bits per heavy atom. The average molecular weight is 510 g/mol. The van der Waals surface area contributed by atoms with E-state index < -0.39 is 36.1 Å². The Kier molecular flexibility index (Phi) is 8.64. The number of rotatable bonds is 10. The number of aliphatic hydroxyl groups is 1. The molecule has 0 saturated heterocycles. The molecule has 0 radical (unpaired) electrons. The first-order chi connectivity index (χ1) is 15.6. The minimum atomic E-state index is -3.75. The smallest absolute Gasteiger partial charge is 0.209 e. The zero-order valence-electron chi connectivity index (χ0n) is 21.7. The minimum absolute atomic E-state index is 0.121. The maximum Gasteiger partial charge on any atom is 0.209 e. The highest BCUT2D eigenvalue weighted by molar-refractivity contribution is 7.88. The second kappa shape index (κ2) is 10.4. The van der Waals surface area contributed by atoms with Crippen LogP contribution in [0, 0.1) is 0 Å². The van der Waals surface area contributed by atoms with Crippen molar-refractivity contribution in [3.63, 3.8) is 0 Å². The van der Waals surface area contributed by atoms with Crippen molar-refractivity contribution in [1.29, 1.82) is 0 Å². The van der Waals surface area contributed by atoms with E-state index in [1.165, 1.54) is 14.2 Å². The van der Waals surface area contributed by atoms with Gasteiger partial charge in [0.1, 0.15) is 17.1 Å². The van der Waals surface area contributed by atoms with E-state index in [-0.39, 0.29) is 5.04 Å². The third kappa shape index (κ3) is 6.01. The van der Waals surface area contributed by atoms with E-state index in [1.807, 2.05) is 0 Å². The molecule has 2 rings (SSSR count). The molecule has 2 aromatic carbocycles. The summed E-state index contributed by atoms with van der Waals surface area (Å²) in [7, 11) is -3.07. The van der Waals surface area contributed by atoms with Gasteiger partial charge in [-0.3, -0.25) is 0 Å². The van der Waals surface area contributed by atoms with Crippen LogP contribution in [-0.4, -0.2) is 54.5 Å². The zero-order valence-corrected chi connectivity index (χ0v) is 23.5. The van der Waals surface area contributed by atoms with Gasteiger partial charge in [-0.05, 0) is 37.2 Å². The van der Waals surface area contributed by atoms with Gasteiger partial charge in [0, 0.05) is 11.1 Å². The molecule has 9 heteroatoms. The standard InChI is InChI=1S/C25H39NO6SSi/c1-18(32-34(8,9)24(2,3)4)23(26-33(7,28)29)25(27,19-14-10-12-16-21(19)30-5)20-15-11-13-17-22(20)31-6/h10-18,23,26-27H,1-9H3. The number of hydrogen-bond donors (Lipinski definition) is 2. The number of methoxy groups -OCH3 is 2. The average Bonchev–Trinajstić information content (AvgIpc) is 2.75. The molecule has 2 unspecified atom stereocenters. The molecule has 2 aromatic rings.